The fraction of sp³-hybridized carbons (Fsp3) is 0.222. The van der Waals surface area contributed by atoms with Gasteiger partial charge in [0.1, 0.15) is 23.2 Å². The molecule has 1 unspecified atom stereocenters. The van der Waals surface area contributed by atoms with Gasteiger partial charge in [0.05, 0.1) is 13.0 Å². The van der Waals surface area contributed by atoms with Crippen LogP contribution in [0.25, 0.3) is 10.9 Å². The summed E-state index contributed by atoms with van der Waals surface area (Å²) in [7, 11) is 0. The zero-order valence-electron chi connectivity index (χ0n) is 20.6. The molecule has 2 N–H and O–H groups in total. The first kappa shape index (κ1) is 28.3. The molecule has 0 fully saturated rings. The smallest absolute Gasteiger partial charge is 0.493 e. The standard InChI is InChI=1S/C27H22F5N3O5/c28-20-5-3-6-21(29)25(20)18(14-24(36)39-40-26(37)27(30,31)32)19-15-35-22-13-16(8-9-17(19)22)38-12-4-11-34-23-7-1-2-10-33-23/h1-3,5-10,13,15,18,35H,4,11-12,14H2,(H,33,34). The lowest BCUT2D eigenvalue weighted by molar-refractivity contribution is -0.285. The van der Waals surface area contributed by atoms with Crippen LogP contribution in [0.5, 0.6) is 5.75 Å². The van der Waals surface area contributed by atoms with Crippen molar-refractivity contribution in [2.45, 2.75) is 24.9 Å². The SMILES string of the molecule is O=C(CC(c1c(F)cccc1F)c1c[nH]c2cc(OCCCNc3ccccn3)ccc12)OOC(=O)C(F)(F)F. The maximum Gasteiger partial charge on any atom is 0.495 e. The molecule has 0 saturated heterocycles. The second kappa shape index (κ2) is 12.5. The molecule has 0 amide bonds. The fourth-order valence-electron chi connectivity index (χ4n) is 4.00. The maximum absolute atomic E-state index is 14.7. The number of halogens is 5. The number of hydrogen-bond donors (Lipinski definition) is 2. The summed E-state index contributed by atoms with van der Waals surface area (Å²) in [6, 6.07) is 13.5. The molecular formula is C27H22F5N3O5. The molecule has 210 valence electrons. The van der Waals surface area contributed by atoms with Gasteiger partial charge < -0.3 is 15.0 Å². The van der Waals surface area contributed by atoms with Crippen LogP contribution < -0.4 is 10.1 Å². The quantitative estimate of drug-likeness (QED) is 0.109. The highest BCUT2D eigenvalue weighted by molar-refractivity contribution is 5.86. The summed E-state index contributed by atoms with van der Waals surface area (Å²) in [6.07, 6.45) is -2.48. The molecule has 0 aliphatic carbocycles. The minimum absolute atomic E-state index is 0.254. The number of fused-ring (bicyclic) bond motifs is 1. The van der Waals surface area contributed by atoms with Gasteiger partial charge in [0.15, 0.2) is 0 Å². The van der Waals surface area contributed by atoms with Gasteiger partial charge in [-0.2, -0.15) is 13.2 Å². The molecule has 4 rings (SSSR count). The second-order valence-corrected chi connectivity index (χ2v) is 8.51. The Morgan fingerprint density at radius 3 is 2.48 bits per heavy atom. The van der Waals surface area contributed by atoms with Crippen LogP contribution in [0.15, 0.2) is 67.0 Å². The summed E-state index contributed by atoms with van der Waals surface area (Å²) < 4.78 is 72.3. The lowest BCUT2D eigenvalue weighted by Gasteiger charge is -2.18. The average Bonchev–Trinajstić information content (AvgIpc) is 3.34. The number of benzene rings is 2. The summed E-state index contributed by atoms with van der Waals surface area (Å²) in [4.78, 5) is 37.8. The van der Waals surface area contributed by atoms with E-state index in [0.717, 1.165) is 24.0 Å². The van der Waals surface area contributed by atoms with Crippen LogP contribution in [-0.4, -0.2) is 41.2 Å². The number of aromatic amines is 1. The molecule has 2 aromatic carbocycles. The number of hydrogen-bond acceptors (Lipinski definition) is 7. The van der Waals surface area contributed by atoms with Crippen LogP contribution in [0.1, 0.15) is 29.9 Å². The van der Waals surface area contributed by atoms with Crippen LogP contribution in [0.3, 0.4) is 0 Å². The number of anilines is 1. The highest BCUT2D eigenvalue weighted by Gasteiger charge is 2.43. The number of H-pyrrole nitrogens is 1. The normalized spacial score (nSPS) is 12.1. The molecule has 0 radical (unpaired) electrons. The monoisotopic (exact) mass is 563 g/mol. The third-order valence-electron chi connectivity index (χ3n) is 5.78. The Kier molecular flexibility index (Phi) is 8.82. The Labute approximate surface area is 224 Å². The molecule has 0 spiro atoms. The number of pyridine rings is 1. The fourth-order valence-corrected chi connectivity index (χ4v) is 4.00. The van der Waals surface area contributed by atoms with E-state index >= 15 is 0 Å². The number of carbonyl (C=O) groups excluding carboxylic acids is 2. The number of alkyl halides is 3. The zero-order valence-corrected chi connectivity index (χ0v) is 20.6. The van der Waals surface area contributed by atoms with Gasteiger partial charge in [-0.25, -0.2) is 33.1 Å². The Bertz CT molecular complexity index is 1460. The van der Waals surface area contributed by atoms with Gasteiger partial charge in [-0.05, 0) is 48.4 Å². The molecule has 2 aromatic heterocycles. The summed E-state index contributed by atoms with van der Waals surface area (Å²) in [5.74, 6) is -6.26. The third-order valence-corrected chi connectivity index (χ3v) is 5.78. The van der Waals surface area contributed by atoms with E-state index in [1.165, 1.54) is 6.20 Å². The Morgan fingerprint density at radius 1 is 1.00 bits per heavy atom. The van der Waals surface area contributed by atoms with Crippen molar-refractivity contribution >= 4 is 28.7 Å². The van der Waals surface area contributed by atoms with E-state index in [4.69, 9.17) is 4.74 Å². The Balaban J connectivity index is 1.48. The van der Waals surface area contributed by atoms with Crippen molar-refractivity contribution in [3.8, 4) is 5.75 Å². The van der Waals surface area contributed by atoms with Crippen molar-refractivity contribution < 1.29 is 46.1 Å². The van der Waals surface area contributed by atoms with Gasteiger partial charge in [-0.15, -0.1) is 0 Å². The van der Waals surface area contributed by atoms with E-state index in [2.05, 4.69) is 25.1 Å². The first-order chi connectivity index (χ1) is 19.1. The molecule has 0 aliphatic heterocycles. The molecular weight excluding hydrogens is 541 g/mol. The predicted octanol–water partition coefficient (Wildman–Crippen LogP) is 5.81. The highest BCUT2D eigenvalue weighted by atomic mass is 19.4. The van der Waals surface area contributed by atoms with Crippen molar-refractivity contribution in [2.24, 2.45) is 0 Å². The van der Waals surface area contributed by atoms with Crippen LogP contribution in [0.2, 0.25) is 0 Å². The number of carbonyl (C=O) groups is 2. The Hall–Kier alpha value is -4.68. The van der Waals surface area contributed by atoms with E-state index in [1.54, 1.807) is 24.4 Å². The van der Waals surface area contributed by atoms with Gasteiger partial charge in [0, 0.05) is 47.4 Å². The third kappa shape index (κ3) is 7.04. The van der Waals surface area contributed by atoms with Crippen molar-refractivity contribution in [2.75, 3.05) is 18.5 Å². The van der Waals surface area contributed by atoms with Gasteiger partial charge in [0.25, 0.3) is 0 Å². The topological polar surface area (TPSA) is 103 Å². The molecule has 4 aromatic rings. The van der Waals surface area contributed by atoms with Crippen molar-refractivity contribution in [1.82, 2.24) is 9.97 Å². The van der Waals surface area contributed by atoms with Gasteiger partial charge in [-0.3, -0.25) is 0 Å². The van der Waals surface area contributed by atoms with E-state index < -0.39 is 47.7 Å². The van der Waals surface area contributed by atoms with Crippen LogP contribution >= 0.6 is 0 Å². The summed E-state index contributed by atoms with van der Waals surface area (Å²) in [5.41, 5.74) is 0.255. The van der Waals surface area contributed by atoms with E-state index in [0.29, 0.717) is 36.2 Å². The predicted molar refractivity (Wildman–Crippen MR) is 132 cm³/mol. The molecule has 13 heteroatoms. The van der Waals surface area contributed by atoms with E-state index in [1.807, 2.05) is 18.2 Å². The highest BCUT2D eigenvalue weighted by Crippen LogP contribution is 2.37. The summed E-state index contributed by atoms with van der Waals surface area (Å²) >= 11 is 0. The first-order valence-corrected chi connectivity index (χ1v) is 11.9. The molecule has 0 saturated carbocycles. The van der Waals surface area contributed by atoms with Crippen molar-refractivity contribution in [3.63, 3.8) is 0 Å². The van der Waals surface area contributed by atoms with Crippen LogP contribution in [0, 0.1) is 11.6 Å². The Morgan fingerprint density at radius 2 is 1.77 bits per heavy atom. The molecule has 1 atom stereocenters. The number of nitrogens with zero attached hydrogens (tertiary/aromatic N) is 1. The van der Waals surface area contributed by atoms with Crippen molar-refractivity contribution in [3.05, 3.63) is 89.8 Å². The van der Waals surface area contributed by atoms with Gasteiger partial charge in [0.2, 0.25) is 0 Å². The molecule has 0 bridgehead atoms. The summed E-state index contributed by atoms with van der Waals surface area (Å²) in [5, 5.41) is 3.63. The first-order valence-electron chi connectivity index (χ1n) is 11.9. The van der Waals surface area contributed by atoms with Gasteiger partial charge in [-0.1, -0.05) is 12.1 Å². The number of ether oxygens (including phenoxy) is 1. The molecule has 8 nitrogen and oxygen atoms in total. The largest absolute Gasteiger partial charge is 0.495 e. The van der Waals surface area contributed by atoms with Crippen LogP contribution in [0.4, 0.5) is 27.8 Å². The number of nitrogens with one attached hydrogen (secondary N) is 2. The molecule has 0 aliphatic rings. The average molecular weight is 563 g/mol. The van der Waals surface area contributed by atoms with Crippen LogP contribution in [-0.2, 0) is 19.4 Å². The lowest BCUT2D eigenvalue weighted by atomic mass is 9.87. The molecule has 40 heavy (non-hydrogen) atoms. The van der Waals surface area contributed by atoms with E-state index in [-0.39, 0.29) is 5.56 Å². The minimum Gasteiger partial charge on any atom is -0.493 e. The second-order valence-electron chi connectivity index (χ2n) is 8.51. The number of aromatic nitrogens is 2. The van der Waals surface area contributed by atoms with E-state index in [9.17, 15) is 31.5 Å². The zero-order chi connectivity index (χ0) is 28.7. The molecule has 2 heterocycles. The van der Waals surface area contributed by atoms with Crippen molar-refractivity contribution in [1.29, 1.82) is 0 Å². The maximum atomic E-state index is 14.7. The summed E-state index contributed by atoms with van der Waals surface area (Å²) in [6.45, 7) is 1.00. The number of rotatable bonds is 10. The van der Waals surface area contributed by atoms with Gasteiger partial charge >= 0.3 is 18.1 Å². The lowest BCUT2D eigenvalue weighted by Crippen LogP contribution is -2.27. The minimum atomic E-state index is -5.40.